The maximum atomic E-state index is 9.74. The third kappa shape index (κ3) is 3.84. The normalized spacial score (nSPS) is 16.5. The molecule has 2 nitrogen and oxygen atoms in total. The van der Waals surface area contributed by atoms with Crippen molar-refractivity contribution in [2.24, 2.45) is 11.8 Å². The van der Waals surface area contributed by atoms with E-state index in [0.717, 1.165) is 11.1 Å². The van der Waals surface area contributed by atoms with Crippen molar-refractivity contribution in [2.45, 2.75) is 26.2 Å². The Morgan fingerprint density at radius 3 is 2.45 bits per heavy atom. The number of aliphatic hydroxyl groups excluding tert-OH is 1. The molecule has 1 aromatic rings. The molecule has 0 saturated carbocycles. The fraction of sp³-hybridized carbons (Fsp3) is 0.333. The van der Waals surface area contributed by atoms with E-state index in [1.165, 1.54) is 6.08 Å². The summed E-state index contributed by atoms with van der Waals surface area (Å²) in [5.74, 6) is 2.63. The van der Waals surface area contributed by atoms with Crippen molar-refractivity contribution in [3.05, 3.63) is 60.7 Å². The molecule has 0 spiro atoms. The van der Waals surface area contributed by atoms with Crippen molar-refractivity contribution in [1.29, 1.82) is 0 Å². The number of aryl methyl sites for hydroxylation is 1. The van der Waals surface area contributed by atoms with E-state index < -0.39 is 12.4 Å². The fourth-order valence-corrected chi connectivity index (χ4v) is 2.12. The SMILES string of the molecule is C#C[C@@H]([C@@H](C)C=C)[C@@H](O[C@@H](O)C=C)c1ccccc1C. The van der Waals surface area contributed by atoms with Crippen LogP contribution in [0.15, 0.2) is 49.6 Å². The van der Waals surface area contributed by atoms with Gasteiger partial charge >= 0.3 is 0 Å². The van der Waals surface area contributed by atoms with Crippen LogP contribution in [0.1, 0.15) is 24.2 Å². The Kier molecular flexibility index (Phi) is 6.24. The lowest BCUT2D eigenvalue weighted by atomic mass is 9.84. The van der Waals surface area contributed by atoms with Gasteiger partial charge < -0.3 is 9.84 Å². The van der Waals surface area contributed by atoms with Gasteiger partial charge in [0.2, 0.25) is 0 Å². The Labute approximate surface area is 121 Å². The first-order valence-electron chi connectivity index (χ1n) is 6.65. The molecule has 0 heterocycles. The molecule has 0 aliphatic heterocycles. The first kappa shape index (κ1) is 16.2. The van der Waals surface area contributed by atoms with Crippen molar-refractivity contribution in [1.82, 2.24) is 0 Å². The minimum atomic E-state index is -1.05. The van der Waals surface area contributed by atoms with Gasteiger partial charge in [0.25, 0.3) is 0 Å². The Hall–Kier alpha value is -1.82. The largest absolute Gasteiger partial charge is 0.365 e. The molecule has 0 unspecified atom stereocenters. The topological polar surface area (TPSA) is 29.5 Å². The van der Waals surface area contributed by atoms with Crippen LogP contribution in [0, 0.1) is 31.1 Å². The number of allylic oxidation sites excluding steroid dienone is 1. The van der Waals surface area contributed by atoms with E-state index in [1.807, 2.05) is 38.1 Å². The molecule has 0 fully saturated rings. The number of hydrogen-bond acceptors (Lipinski definition) is 2. The van der Waals surface area contributed by atoms with Gasteiger partial charge in [-0.1, -0.05) is 49.8 Å². The molecule has 2 heteroatoms. The average Bonchev–Trinajstić information content (AvgIpc) is 2.47. The van der Waals surface area contributed by atoms with Gasteiger partial charge in [-0.25, -0.2) is 0 Å². The molecule has 1 rings (SSSR count). The van der Waals surface area contributed by atoms with Crippen LogP contribution in [0.5, 0.6) is 0 Å². The van der Waals surface area contributed by atoms with E-state index in [-0.39, 0.29) is 11.8 Å². The maximum Gasteiger partial charge on any atom is 0.174 e. The highest BCUT2D eigenvalue weighted by atomic mass is 16.6. The second kappa shape index (κ2) is 7.69. The summed E-state index contributed by atoms with van der Waals surface area (Å²) in [6.45, 7) is 11.3. The number of ether oxygens (including phenoxy) is 1. The van der Waals surface area contributed by atoms with Crippen LogP contribution >= 0.6 is 0 Å². The lowest BCUT2D eigenvalue weighted by molar-refractivity contribution is -0.122. The van der Waals surface area contributed by atoms with E-state index in [1.54, 1.807) is 6.08 Å². The van der Waals surface area contributed by atoms with Gasteiger partial charge in [0.15, 0.2) is 6.29 Å². The Morgan fingerprint density at radius 2 is 1.95 bits per heavy atom. The predicted molar refractivity (Wildman–Crippen MR) is 82.9 cm³/mol. The average molecular weight is 270 g/mol. The molecular weight excluding hydrogens is 248 g/mol. The highest BCUT2D eigenvalue weighted by molar-refractivity contribution is 5.30. The summed E-state index contributed by atoms with van der Waals surface area (Å²) in [5.41, 5.74) is 2.05. The highest BCUT2D eigenvalue weighted by Crippen LogP contribution is 2.34. The minimum absolute atomic E-state index is 0.0709. The molecule has 0 amide bonds. The summed E-state index contributed by atoms with van der Waals surface area (Å²) in [7, 11) is 0. The fourth-order valence-electron chi connectivity index (χ4n) is 2.12. The molecule has 20 heavy (non-hydrogen) atoms. The van der Waals surface area contributed by atoms with Crippen LogP contribution in [-0.2, 0) is 4.74 Å². The van der Waals surface area contributed by atoms with E-state index in [4.69, 9.17) is 11.2 Å². The predicted octanol–water partition coefficient (Wildman–Crippen LogP) is 3.63. The molecule has 0 aliphatic carbocycles. The molecule has 4 atom stereocenters. The first-order valence-corrected chi connectivity index (χ1v) is 6.65. The van der Waals surface area contributed by atoms with Crippen LogP contribution in [0.2, 0.25) is 0 Å². The van der Waals surface area contributed by atoms with Crippen molar-refractivity contribution in [3.8, 4) is 12.3 Å². The molecule has 0 aromatic heterocycles. The smallest absolute Gasteiger partial charge is 0.174 e. The first-order chi connectivity index (χ1) is 9.54. The zero-order valence-electron chi connectivity index (χ0n) is 12.1. The Balaban J connectivity index is 3.20. The lowest BCUT2D eigenvalue weighted by Gasteiger charge is -2.29. The van der Waals surface area contributed by atoms with Crippen LogP contribution in [0.4, 0.5) is 0 Å². The monoisotopic (exact) mass is 270 g/mol. The summed E-state index contributed by atoms with van der Waals surface area (Å²) in [6, 6.07) is 7.86. The zero-order chi connectivity index (χ0) is 15.1. The van der Waals surface area contributed by atoms with Gasteiger partial charge in [-0.3, -0.25) is 0 Å². The summed E-state index contributed by atoms with van der Waals surface area (Å²) in [4.78, 5) is 0. The molecule has 0 bridgehead atoms. The van der Waals surface area contributed by atoms with Crippen molar-refractivity contribution < 1.29 is 9.84 Å². The van der Waals surface area contributed by atoms with Crippen molar-refractivity contribution in [2.75, 3.05) is 0 Å². The van der Waals surface area contributed by atoms with Crippen molar-refractivity contribution in [3.63, 3.8) is 0 Å². The Morgan fingerprint density at radius 1 is 1.30 bits per heavy atom. The van der Waals surface area contributed by atoms with Crippen LogP contribution < -0.4 is 0 Å². The maximum absolute atomic E-state index is 9.74. The highest BCUT2D eigenvalue weighted by Gasteiger charge is 2.28. The number of hydrogen-bond donors (Lipinski definition) is 1. The minimum Gasteiger partial charge on any atom is -0.365 e. The molecule has 0 aliphatic rings. The summed E-state index contributed by atoms with van der Waals surface area (Å²) >= 11 is 0. The number of rotatable bonds is 7. The molecule has 106 valence electrons. The number of benzene rings is 1. The third-order valence-corrected chi connectivity index (χ3v) is 3.44. The third-order valence-electron chi connectivity index (χ3n) is 3.44. The number of terminal acetylenes is 1. The van der Waals surface area contributed by atoms with Gasteiger partial charge in [0, 0.05) is 0 Å². The molecule has 1 aromatic carbocycles. The summed E-state index contributed by atoms with van der Waals surface area (Å²) in [5, 5.41) is 9.74. The standard InChI is InChI=1S/C18H22O2/c1-6-13(4)15(7-2)18(20-17(19)8-3)16-12-10-9-11-14(16)5/h2,6,8-13,15,17-19H,1,3H2,4-5H3/t13-,15-,17+,18+/m0/s1. The van der Waals surface area contributed by atoms with Gasteiger partial charge in [0.1, 0.15) is 6.10 Å². The van der Waals surface area contributed by atoms with Gasteiger partial charge in [-0.05, 0) is 30.0 Å². The lowest BCUT2D eigenvalue weighted by Crippen LogP contribution is -2.25. The quantitative estimate of drug-likeness (QED) is 0.466. The molecule has 0 saturated heterocycles. The van der Waals surface area contributed by atoms with E-state index >= 15 is 0 Å². The van der Waals surface area contributed by atoms with E-state index in [2.05, 4.69) is 19.1 Å². The van der Waals surface area contributed by atoms with Gasteiger partial charge in [0.05, 0.1) is 5.92 Å². The molecule has 0 radical (unpaired) electrons. The summed E-state index contributed by atoms with van der Waals surface area (Å²) < 4.78 is 5.69. The van der Waals surface area contributed by atoms with Crippen LogP contribution in [0.3, 0.4) is 0 Å². The molecular formula is C18H22O2. The van der Waals surface area contributed by atoms with Crippen molar-refractivity contribution >= 4 is 0 Å². The Bertz CT molecular complexity index is 498. The number of aliphatic hydroxyl groups is 1. The van der Waals surface area contributed by atoms with Gasteiger partial charge in [-0.2, -0.15) is 0 Å². The second-order valence-electron chi connectivity index (χ2n) is 4.83. The second-order valence-corrected chi connectivity index (χ2v) is 4.83. The molecule has 1 N–H and O–H groups in total. The van der Waals surface area contributed by atoms with Crippen LogP contribution in [0.25, 0.3) is 0 Å². The summed E-state index contributed by atoms with van der Waals surface area (Å²) in [6.07, 6.45) is 7.37. The van der Waals surface area contributed by atoms with E-state index in [0.29, 0.717) is 0 Å². The van der Waals surface area contributed by atoms with Crippen LogP contribution in [-0.4, -0.2) is 11.4 Å². The van der Waals surface area contributed by atoms with E-state index in [9.17, 15) is 5.11 Å². The zero-order valence-corrected chi connectivity index (χ0v) is 12.1. The van der Waals surface area contributed by atoms with Gasteiger partial charge in [-0.15, -0.1) is 13.0 Å².